The molecule has 0 unspecified atom stereocenters. The van der Waals surface area contributed by atoms with Gasteiger partial charge in [-0.15, -0.1) is 11.3 Å². The van der Waals surface area contributed by atoms with Gasteiger partial charge in [-0.2, -0.15) is 0 Å². The Morgan fingerprint density at radius 2 is 2.04 bits per heavy atom. The largest absolute Gasteiger partial charge is 0.508 e. The van der Waals surface area contributed by atoms with Crippen molar-refractivity contribution < 1.29 is 9.52 Å². The van der Waals surface area contributed by atoms with E-state index in [1.165, 1.54) is 11.3 Å². The normalized spacial score (nSPS) is 11.7. The Morgan fingerprint density at radius 3 is 2.92 bits per heavy atom. The Balaban J connectivity index is 1.86. The van der Waals surface area contributed by atoms with Crippen molar-refractivity contribution in [1.29, 1.82) is 0 Å². The molecule has 0 amide bonds. The van der Waals surface area contributed by atoms with Gasteiger partial charge < -0.3 is 9.52 Å². The number of fused-ring (bicyclic) bond motifs is 4. The van der Waals surface area contributed by atoms with Gasteiger partial charge in [0.25, 0.3) is 0 Å². The van der Waals surface area contributed by atoms with Gasteiger partial charge in [-0.05, 0) is 37.3 Å². The zero-order valence-electron chi connectivity index (χ0n) is 13.2. The molecule has 3 heterocycles. The van der Waals surface area contributed by atoms with Crippen molar-refractivity contribution in [2.24, 2.45) is 0 Å². The van der Waals surface area contributed by atoms with E-state index >= 15 is 0 Å². The first kappa shape index (κ1) is 14.2. The predicted molar refractivity (Wildman–Crippen MR) is 98.5 cm³/mol. The summed E-state index contributed by atoms with van der Waals surface area (Å²) in [4.78, 5) is 17.8. The van der Waals surface area contributed by atoms with Gasteiger partial charge in [-0.3, -0.25) is 4.40 Å². The maximum absolute atomic E-state index is 12.5. The molecule has 122 valence electrons. The highest BCUT2D eigenvalue weighted by atomic mass is 32.1. The maximum atomic E-state index is 12.5. The molecule has 0 radical (unpaired) electrons. The molecule has 0 saturated heterocycles. The molecule has 5 rings (SSSR count). The Hall–Kier alpha value is -3.12. The van der Waals surface area contributed by atoms with E-state index in [9.17, 15) is 9.90 Å². The lowest BCUT2D eigenvalue weighted by molar-refractivity contribution is 0.476. The second kappa shape index (κ2) is 4.94. The van der Waals surface area contributed by atoms with Crippen LogP contribution >= 0.6 is 11.3 Å². The van der Waals surface area contributed by atoms with Gasteiger partial charge in [0, 0.05) is 16.8 Å². The highest BCUT2D eigenvalue weighted by molar-refractivity contribution is 7.15. The summed E-state index contributed by atoms with van der Waals surface area (Å²) in [5, 5.41) is 12.4. The topological polar surface area (TPSA) is 67.7 Å². The van der Waals surface area contributed by atoms with Crippen LogP contribution in [0.4, 0.5) is 0 Å². The molecule has 0 fully saturated rings. The first-order chi connectivity index (χ1) is 12.1. The second-order valence-electron chi connectivity index (χ2n) is 6.01. The molecule has 1 N–H and O–H groups in total. The van der Waals surface area contributed by atoms with Gasteiger partial charge in [0.2, 0.25) is 0 Å². The molecular weight excluding hydrogens is 336 g/mol. The van der Waals surface area contributed by atoms with Gasteiger partial charge >= 0.3 is 5.63 Å². The molecule has 0 bridgehead atoms. The van der Waals surface area contributed by atoms with Gasteiger partial charge in [-0.25, -0.2) is 9.78 Å². The van der Waals surface area contributed by atoms with Crippen LogP contribution in [0, 0.1) is 6.92 Å². The van der Waals surface area contributed by atoms with Crippen LogP contribution in [0.2, 0.25) is 0 Å². The van der Waals surface area contributed by atoms with E-state index < -0.39 is 0 Å². The van der Waals surface area contributed by atoms with Gasteiger partial charge in [0.15, 0.2) is 4.96 Å². The number of benzene rings is 2. The van der Waals surface area contributed by atoms with E-state index in [2.05, 4.69) is 4.98 Å². The van der Waals surface area contributed by atoms with Crippen molar-refractivity contribution >= 4 is 38.3 Å². The lowest BCUT2D eigenvalue weighted by Crippen LogP contribution is -2.04. The Bertz CT molecular complexity index is 1340. The molecule has 0 atom stereocenters. The quantitative estimate of drug-likeness (QED) is 0.458. The number of phenols is 1. The molecule has 0 spiro atoms. The first-order valence-electron chi connectivity index (χ1n) is 7.74. The van der Waals surface area contributed by atoms with Crippen LogP contribution in [0.3, 0.4) is 0 Å². The number of thiazole rings is 1. The number of imidazole rings is 1. The molecular formula is C19H12N2O3S. The average molecular weight is 348 g/mol. The summed E-state index contributed by atoms with van der Waals surface area (Å²) in [7, 11) is 0. The Kier molecular flexibility index (Phi) is 2.81. The summed E-state index contributed by atoms with van der Waals surface area (Å²) in [6.45, 7) is 2.00. The summed E-state index contributed by atoms with van der Waals surface area (Å²) in [6, 6.07) is 12.6. The van der Waals surface area contributed by atoms with Crippen molar-refractivity contribution in [1.82, 2.24) is 9.38 Å². The fourth-order valence-electron chi connectivity index (χ4n) is 3.12. The maximum Gasteiger partial charge on any atom is 0.345 e. The highest BCUT2D eigenvalue weighted by Gasteiger charge is 2.16. The van der Waals surface area contributed by atoms with Crippen LogP contribution in [-0.2, 0) is 0 Å². The minimum Gasteiger partial charge on any atom is -0.508 e. The number of phenolic OH excluding ortho intramolecular Hbond substituents is 1. The first-order valence-corrected chi connectivity index (χ1v) is 8.62. The Labute approximate surface area is 145 Å². The van der Waals surface area contributed by atoms with E-state index in [1.807, 2.05) is 41.0 Å². The van der Waals surface area contributed by atoms with E-state index in [1.54, 1.807) is 18.2 Å². The molecule has 5 nitrogen and oxygen atoms in total. The molecule has 0 aliphatic carbocycles. The summed E-state index contributed by atoms with van der Waals surface area (Å²) in [5.74, 6) is 0.167. The van der Waals surface area contributed by atoms with Gasteiger partial charge in [-0.1, -0.05) is 11.6 Å². The molecule has 0 saturated carbocycles. The summed E-state index contributed by atoms with van der Waals surface area (Å²) >= 11 is 1.45. The fourth-order valence-corrected chi connectivity index (χ4v) is 4.03. The molecule has 5 aromatic rings. The lowest BCUT2D eigenvalue weighted by atomic mass is 10.1. The molecule has 0 aliphatic heterocycles. The summed E-state index contributed by atoms with van der Waals surface area (Å²) < 4.78 is 7.43. The zero-order valence-corrected chi connectivity index (χ0v) is 14.0. The predicted octanol–water partition coefficient (Wildman–Crippen LogP) is 4.34. The number of hydrogen-bond donors (Lipinski definition) is 1. The number of nitrogens with zero attached hydrogens (tertiary/aromatic N) is 2. The van der Waals surface area contributed by atoms with Gasteiger partial charge in [0.05, 0.1) is 22.3 Å². The van der Waals surface area contributed by atoms with Crippen molar-refractivity contribution in [2.45, 2.75) is 6.92 Å². The number of hydrogen-bond acceptors (Lipinski definition) is 5. The van der Waals surface area contributed by atoms with E-state index in [0.717, 1.165) is 27.1 Å². The SMILES string of the molecule is Cc1ccc2oc(=O)c(-c3csc4nc5cc(O)ccc5n34)cc2c1. The van der Waals surface area contributed by atoms with Crippen molar-refractivity contribution in [3.8, 4) is 17.0 Å². The minimum atomic E-state index is -0.378. The van der Waals surface area contributed by atoms with E-state index in [4.69, 9.17) is 4.42 Å². The number of rotatable bonds is 1. The van der Waals surface area contributed by atoms with E-state index in [-0.39, 0.29) is 11.4 Å². The van der Waals surface area contributed by atoms with Crippen molar-refractivity contribution in [3.63, 3.8) is 0 Å². The standard InChI is InChI=1S/C19H12N2O3S/c1-10-2-5-17-11(6-10)7-13(18(23)24-17)16-9-25-19-20-14-8-12(22)3-4-15(14)21(16)19/h2-9,22H,1H3. The molecule has 3 aromatic heterocycles. The number of aromatic nitrogens is 2. The Morgan fingerprint density at radius 1 is 1.16 bits per heavy atom. The zero-order chi connectivity index (χ0) is 17.1. The third-order valence-corrected chi connectivity index (χ3v) is 5.11. The third-order valence-electron chi connectivity index (χ3n) is 4.29. The fraction of sp³-hybridized carbons (Fsp3) is 0.0526. The molecule has 6 heteroatoms. The third kappa shape index (κ3) is 2.08. The molecule has 2 aromatic carbocycles. The van der Waals surface area contributed by atoms with Crippen LogP contribution < -0.4 is 5.63 Å². The minimum absolute atomic E-state index is 0.167. The van der Waals surface area contributed by atoms with Crippen LogP contribution in [0.5, 0.6) is 5.75 Å². The molecule has 25 heavy (non-hydrogen) atoms. The van der Waals surface area contributed by atoms with E-state index in [0.29, 0.717) is 16.7 Å². The highest BCUT2D eigenvalue weighted by Crippen LogP contribution is 2.31. The van der Waals surface area contributed by atoms with Gasteiger partial charge in [0.1, 0.15) is 11.3 Å². The van der Waals surface area contributed by atoms with Crippen LogP contribution in [0.15, 0.2) is 57.1 Å². The second-order valence-corrected chi connectivity index (χ2v) is 6.85. The van der Waals surface area contributed by atoms with Crippen LogP contribution in [0.25, 0.3) is 38.2 Å². The van der Waals surface area contributed by atoms with Crippen molar-refractivity contribution in [2.75, 3.05) is 0 Å². The number of aromatic hydroxyl groups is 1. The summed E-state index contributed by atoms with van der Waals surface area (Å²) in [6.07, 6.45) is 0. The summed E-state index contributed by atoms with van der Waals surface area (Å²) in [5.41, 5.74) is 4.07. The van der Waals surface area contributed by atoms with Crippen molar-refractivity contribution in [3.05, 3.63) is 63.8 Å². The molecule has 0 aliphatic rings. The van der Waals surface area contributed by atoms with Crippen LogP contribution in [0.1, 0.15) is 5.56 Å². The average Bonchev–Trinajstić information content (AvgIpc) is 3.13. The smallest absolute Gasteiger partial charge is 0.345 e. The lowest BCUT2D eigenvalue weighted by Gasteiger charge is -2.03. The number of aryl methyl sites for hydroxylation is 1. The van der Waals surface area contributed by atoms with Crippen LogP contribution in [-0.4, -0.2) is 14.5 Å². The monoisotopic (exact) mass is 348 g/mol.